The van der Waals surface area contributed by atoms with Gasteiger partial charge in [0.2, 0.25) is 0 Å². The number of carbonyl (C=O) groups excluding carboxylic acids is 2. The van der Waals surface area contributed by atoms with Crippen molar-refractivity contribution in [2.24, 2.45) is 0 Å². The fourth-order valence-corrected chi connectivity index (χ4v) is 2.50. The summed E-state index contributed by atoms with van der Waals surface area (Å²) >= 11 is 0. The maximum absolute atomic E-state index is 11.2. The molecule has 3 N–H and O–H groups in total. The van der Waals surface area contributed by atoms with Gasteiger partial charge in [-0.05, 0) is 19.3 Å². The smallest absolute Gasteiger partial charge is 0.309 e. The second-order valence-electron chi connectivity index (χ2n) is 6.23. The van der Waals surface area contributed by atoms with Crippen LogP contribution in [0.1, 0.15) is 77.0 Å². The number of carbonyl (C=O) groups is 3. The molecule has 0 unspecified atom stereocenters. The van der Waals surface area contributed by atoms with Gasteiger partial charge in [0.05, 0.1) is 0 Å². The maximum atomic E-state index is 11.2. The molecule has 0 heterocycles. The highest BCUT2D eigenvalue weighted by molar-refractivity contribution is 6.35. The van der Waals surface area contributed by atoms with Gasteiger partial charge in [0.1, 0.15) is 0 Å². The Morgan fingerprint density at radius 2 is 1.28 bits per heavy atom. The molecule has 0 radical (unpaired) electrons. The van der Waals surface area contributed by atoms with Gasteiger partial charge in [-0.1, -0.05) is 63.5 Å². The topological polar surface area (TPSA) is 95.5 Å². The number of nitrogens with one attached hydrogen (secondary N) is 2. The summed E-state index contributed by atoms with van der Waals surface area (Å²) in [6.45, 7) is 0.388. The Balaban J connectivity index is 3.23. The zero-order valence-electron chi connectivity index (χ0n) is 15.5. The van der Waals surface area contributed by atoms with E-state index in [1.807, 2.05) is 12.2 Å². The van der Waals surface area contributed by atoms with Crippen molar-refractivity contribution in [3.63, 3.8) is 0 Å². The van der Waals surface area contributed by atoms with Gasteiger partial charge in [-0.25, -0.2) is 0 Å². The van der Waals surface area contributed by atoms with Crippen LogP contribution in [0.2, 0.25) is 0 Å². The molecule has 0 bridgehead atoms. The van der Waals surface area contributed by atoms with Crippen LogP contribution in [0.3, 0.4) is 0 Å². The summed E-state index contributed by atoms with van der Waals surface area (Å²) in [5, 5.41) is 13.3. The number of carboxylic acid groups (broad SMARTS) is 1. The van der Waals surface area contributed by atoms with Crippen LogP contribution in [0.5, 0.6) is 0 Å². The third-order valence-corrected chi connectivity index (χ3v) is 3.99. The first kappa shape index (κ1) is 23.1. The molecule has 2 amide bonds. The van der Waals surface area contributed by atoms with Crippen molar-refractivity contribution in [2.75, 3.05) is 13.6 Å². The third kappa shape index (κ3) is 16.8. The highest BCUT2D eigenvalue weighted by atomic mass is 16.4. The molecule has 0 saturated carbocycles. The van der Waals surface area contributed by atoms with Crippen LogP contribution in [0.15, 0.2) is 12.2 Å². The number of aliphatic carboxylic acids is 1. The molecular weight excluding hydrogens is 320 g/mol. The lowest BCUT2D eigenvalue weighted by atomic mass is 10.1. The summed E-state index contributed by atoms with van der Waals surface area (Å²) in [6.07, 6.45) is 16.8. The van der Waals surface area contributed by atoms with E-state index in [9.17, 15) is 14.4 Å². The molecule has 0 aromatic heterocycles. The Hall–Kier alpha value is -1.85. The molecule has 0 rings (SSSR count). The van der Waals surface area contributed by atoms with Crippen LogP contribution >= 0.6 is 0 Å². The second kappa shape index (κ2) is 17.0. The van der Waals surface area contributed by atoms with E-state index in [1.54, 1.807) is 0 Å². The molecule has 25 heavy (non-hydrogen) atoms. The molecule has 144 valence electrons. The summed E-state index contributed by atoms with van der Waals surface area (Å²) in [6, 6.07) is 0. The lowest BCUT2D eigenvalue weighted by Gasteiger charge is -2.02. The van der Waals surface area contributed by atoms with Gasteiger partial charge in [-0.3, -0.25) is 14.4 Å². The predicted molar refractivity (Wildman–Crippen MR) is 99.3 cm³/mol. The summed E-state index contributed by atoms with van der Waals surface area (Å²) in [5.41, 5.74) is 0. The highest BCUT2D eigenvalue weighted by Gasteiger charge is 2.08. The number of amides is 2. The first-order valence-electron chi connectivity index (χ1n) is 9.44. The van der Waals surface area contributed by atoms with Crippen molar-refractivity contribution in [1.29, 1.82) is 0 Å². The van der Waals surface area contributed by atoms with E-state index in [1.165, 1.54) is 45.6 Å². The first-order valence-corrected chi connectivity index (χ1v) is 9.44. The van der Waals surface area contributed by atoms with Crippen LogP contribution in [-0.2, 0) is 14.4 Å². The molecule has 0 spiro atoms. The zero-order chi connectivity index (χ0) is 18.8. The molecule has 6 nitrogen and oxygen atoms in total. The normalized spacial score (nSPS) is 10.8. The minimum Gasteiger partial charge on any atom is -0.481 e. The highest BCUT2D eigenvalue weighted by Crippen LogP contribution is 2.12. The van der Waals surface area contributed by atoms with Crippen molar-refractivity contribution in [1.82, 2.24) is 10.6 Å². The molecule has 0 aliphatic carbocycles. The van der Waals surface area contributed by atoms with Gasteiger partial charge < -0.3 is 15.7 Å². The third-order valence-electron chi connectivity index (χ3n) is 3.99. The molecule has 0 aliphatic rings. The average Bonchev–Trinajstić information content (AvgIpc) is 2.60. The number of carboxylic acids is 1. The number of likely N-dealkylation sites (N-methyl/N-ethyl adjacent to an activating group) is 1. The fourth-order valence-electron chi connectivity index (χ4n) is 2.50. The second-order valence-corrected chi connectivity index (χ2v) is 6.23. The maximum Gasteiger partial charge on any atom is 0.309 e. The molecule has 0 aliphatic heterocycles. The van der Waals surface area contributed by atoms with Crippen LogP contribution in [0.25, 0.3) is 0 Å². The van der Waals surface area contributed by atoms with Crippen molar-refractivity contribution in [3.8, 4) is 0 Å². The van der Waals surface area contributed by atoms with E-state index >= 15 is 0 Å². The van der Waals surface area contributed by atoms with E-state index in [2.05, 4.69) is 10.6 Å². The van der Waals surface area contributed by atoms with Crippen molar-refractivity contribution in [2.45, 2.75) is 77.0 Å². The lowest BCUT2D eigenvalue weighted by Crippen LogP contribution is -2.38. The molecular formula is C19H34N2O4. The van der Waals surface area contributed by atoms with Crippen molar-refractivity contribution in [3.05, 3.63) is 12.2 Å². The average molecular weight is 354 g/mol. The molecule has 0 aromatic carbocycles. The molecule has 0 fully saturated rings. The van der Waals surface area contributed by atoms with Gasteiger partial charge in [0.25, 0.3) is 0 Å². The van der Waals surface area contributed by atoms with Crippen LogP contribution < -0.4 is 10.6 Å². The number of rotatable bonds is 15. The Morgan fingerprint density at radius 1 is 0.760 bits per heavy atom. The van der Waals surface area contributed by atoms with E-state index in [0.717, 1.165) is 32.1 Å². The van der Waals surface area contributed by atoms with Crippen molar-refractivity contribution < 1.29 is 19.5 Å². The summed E-state index contributed by atoms with van der Waals surface area (Å²) in [7, 11) is 1.43. The largest absolute Gasteiger partial charge is 0.481 e. The monoisotopic (exact) mass is 354 g/mol. The number of hydrogen-bond acceptors (Lipinski definition) is 3. The fraction of sp³-hybridized carbons (Fsp3) is 0.737. The predicted octanol–water partition coefficient (Wildman–Crippen LogP) is 3.17. The summed E-state index contributed by atoms with van der Waals surface area (Å²) in [5.74, 6) is -1.91. The Morgan fingerprint density at radius 3 is 1.80 bits per heavy atom. The van der Waals surface area contributed by atoms with Gasteiger partial charge in [0.15, 0.2) is 0 Å². The standard InChI is InChI=1S/C19H34N2O4/c1-20-18(24)19(25)21-16-14-12-10-8-6-4-2-3-5-7-9-11-13-15-17(22)23/h12,14H,2-11,13,15-16H2,1H3,(H,20,24)(H,21,25)(H,22,23)/b14-12-. The minimum absolute atomic E-state index is 0.300. The number of unbranched alkanes of at least 4 members (excludes halogenated alkanes) is 10. The van der Waals surface area contributed by atoms with Gasteiger partial charge in [-0.2, -0.15) is 0 Å². The Kier molecular flexibility index (Phi) is 15.7. The van der Waals surface area contributed by atoms with Crippen molar-refractivity contribution >= 4 is 17.8 Å². The Bertz CT molecular complexity index is 408. The lowest BCUT2D eigenvalue weighted by molar-refractivity contribution is -0.138. The van der Waals surface area contributed by atoms with Crippen LogP contribution in [0, 0.1) is 0 Å². The molecule has 0 atom stereocenters. The number of allylic oxidation sites excluding steroid dienone is 1. The van der Waals surface area contributed by atoms with Crippen LogP contribution in [0.4, 0.5) is 0 Å². The molecule has 6 heteroatoms. The van der Waals surface area contributed by atoms with Gasteiger partial charge in [-0.15, -0.1) is 0 Å². The minimum atomic E-state index is -0.691. The Labute approximate surface area is 151 Å². The summed E-state index contributed by atoms with van der Waals surface area (Å²) in [4.78, 5) is 32.5. The molecule has 0 aromatic rings. The van der Waals surface area contributed by atoms with Crippen LogP contribution in [-0.4, -0.2) is 36.5 Å². The first-order chi connectivity index (χ1) is 12.1. The zero-order valence-corrected chi connectivity index (χ0v) is 15.5. The van der Waals surface area contributed by atoms with E-state index < -0.39 is 17.8 Å². The van der Waals surface area contributed by atoms with E-state index in [-0.39, 0.29) is 0 Å². The quantitative estimate of drug-likeness (QED) is 0.239. The number of hydrogen-bond donors (Lipinski definition) is 3. The van der Waals surface area contributed by atoms with Gasteiger partial charge >= 0.3 is 17.8 Å². The molecule has 0 saturated heterocycles. The van der Waals surface area contributed by atoms with Gasteiger partial charge in [0, 0.05) is 20.0 Å². The summed E-state index contributed by atoms with van der Waals surface area (Å²) < 4.78 is 0. The SMILES string of the molecule is CNC(=O)C(=O)NC/C=C\CCCCCCCCCCCCC(=O)O. The van der Waals surface area contributed by atoms with E-state index in [4.69, 9.17) is 5.11 Å². The van der Waals surface area contributed by atoms with E-state index in [0.29, 0.717) is 13.0 Å².